The van der Waals surface area contributed by atoms with Gasteiger partial charge in [-0.2, -0.15) is 9.78 Å². The molecule has 0 bridgehead atoms. The lowest BCUT2D eigenvalue weighted by molar-refractivity contribution is 0.602. The number of nitrogens with one attached hydrogen (secondary N) is 1. The van der Waals surface area contributed by atoms with Crippen molar-refractivity contribution in [3.63, 3.8) is 0 Å². The fourth-order valence-corrected chi connectivity index (χ4v) is 4.27. The molecule has 1 saturated heterocycles. The molecule has 1 aliphatic rings. The van der Waals surface area contributed by atoms with Crippen LogP contribution in [0.2, 0.25) is 5.02 Å². The van der Waals surface area contributed by atoms with E-state index in [1.807, 2.05) is 6.07 Å². The molecule has 8 heteroatoms. The number of aromatic nitrogens is 2. The summed E-state index contributed by atoms with van der Waals surface area (Å²) in [6.07, 6.45) is 1.95. The SMILES string of the molecule is O=c1c(Cl)c(NC2CCS(=O)(=O)C2)cnn1-c1ccccc1. The zero-order valence-electron chi connectivity index (χ0n) is 11.6. The van der Waals surface area contributed by atoms with Gasteiger partial charge < -0.3 is 5.32 Å². The summed E-state index contributed by atoms with van der Waals surface area (Å²) in [4.78, 5) is 12.3. The van der Waals surface area contributed by atoms with Gasteiger partial charge in [0.25, 0.3) is 5.56 Å². The van der Waals surface area contributed by atoms with Crippen LogP contribution < -0.4 is 10.9 Å². The lowest BCUT2D eigenvalue weighted by atomic mass is 10.2. The van der Waals surface area contributed by atoms with E-state index in [1.165, 1.54) is 10.9 Å². The topological polar surface area (TPSA) is 81.1 Å². The van der Waals surface area contributed by atoms with Gasteiger partial charge >= 0.3 is 0 Å². The lowest BCUT2D eigenvalue weighted by Crippen LogP contribution is -2.26. The second-order valence-corrected chi connectivity index (χ2v) is 7.78. The standard InChI is InChI=1S/C14H14ClN3O3S/c15-13-12(17-10-6-7-22(20,21)9-10)8-16-18(14(13)19)11-4-2-1-3-5-11/h1-5,8,10,17H,6-7,9H2. The molecule has 0 aliphatic carbocycles. The van der Waals surface area contributed by atoms with E-state index in [4.69, 9.17) is 11.6 Å². The van der Waals surface area contributed by atoms with Gasteiger partial charge in [0, 0.05) is 6.04 Å². The van der Waals surface area contributed by atoms with Gasteiger partial charge in [-0.05, 0) is 18.6 Å². The fourth-order valence-electron chi connectivity index (χ4n) is 2.42. The summed E-state index contributed by atoms with van der Waals surface area (Å²) >= 11 is 6.11. The predicted octanol–water partition coefficient (Wildman–Crippen LogP) is 1.48. The van der Waals surface area contributed by atoms with Crippen LogP contribution in [-0.4, -0.2) is 35.7 Å². The summed E-state index contributed by atoms with van der Waals surface area (Å²) < 4.78 is 24.1. The zero-order valence-corrected chi connectivity index (χ0v) is 13.1. The maximum Gasteiger partial charge on any atom is 0.292 e. The van der Waals surface area contributed by atoms with E-state index in [9.17, 15) is 13.2 Å². The molecule has 1 atom stereocenters. The Balaban J connectivity index is 1.89. The second-order valence-electron chi connectivity index (χ2n) is 5.17. The van der Waals surface area contributed by atoms with E-state index in [2.05, 4.69) is 10.4 Å². The molecule has 0 radical (unpaired) electrons. The molecule has 1 fully saturated rings. The van der Waals surface area contributed by atoms with E-state index < -0.39 is 15.4 Å². The third kappa shape index (κ3) is 3.00. The molecule has 1 aliphatic heterocycles. The van der Waals surface area contributed by atoms with Gasteiger partial charge in [0.2, 0.25) is 0 Å². The predicted molar refractivity (Wildman–Crippen MR) is 85.5 cm³/mol. The molecule has 0 spiro atoms. The number of hydrogen-bond acceptors (Lipinski definition) is 5. The summed E-state index contributed by atoms with van der Waals surface area (Å²) in [5.41, 5.74) is 0.532. The molecular formula is C14H14ClN3O3S. The first-order chi connectivity index (χ1) is 10.5. The molecule has 2 aromatic rings. The van der Waals surface area contributed by atoms with E-state index in [0.717, 1.165) is 0 Å². The highest BCUT2D eigenvalue weighted by molar-refractivity contribution is 7.91. The van der Waals surface area contributed by atoms with Crippen LogP contribution >= 0.6 is 11.6 Å². The summed E-state index contributed by atoms with van der Waals surface area (Å²) in [5, 5.41) is 7.10. The van der Waals surface area contributed by atoms with Gasteiger partial charge in [0.1, 0.15) is 5.02 Å². The van der Waals surface area contributed by atoms with Crippen LogP contribution in [0.15, 0.2) is 41.3 Å². The number of anilines is 1. The molecule has 22 heavy (non-hydrogen) atoms. The molecule has 1 aromatic heterocycles. The van der Waals surface area contributed by atoms with Crippen LogP contribution in [0.1, 0.15) is 6.42 Å². The Bertz CT molecular complexity index is 849. The van der Waals surface area contributed by atoms with E-state index >= 15 is 0 Å². The number of para-hydroxylation sites is 1. The third-order valence-corrected chi connectivity index (χ3v) is 5.64. The number of sulfone groups is 1. The van der Waals surface area contributed by atoms with Crippen LogP contribution in [0, 0.1) is 0 Å². The molecule has 1 aromatic carbocycles. The summed E-state index contributed by atoms with van der Waals surface area (Å²) in [6, 6.07) is 8.70. The largest absolute Gasteiger partial charge is 0.379 e. The van der Waals surface area contributed by atoms with Crippen LogP contribution in [0.3, 0.4) is 0 Å². The Morgan fingerprint density at radius 3 is 2.64 bits per heavy atom. The monoisotopic (exact) mass is 339 g/mol. The molecule has 6 nitrogen and oxygen atoms in total. The summed E-state index contributed by atoms with van der Waals surface area (Å²) in [7, 11) is -3.00. The Morgan fingerprint density at radius 1 is 1.27 bits per heavy atom. The quantitative estimate of drug-likeness (QED) is 0.916. The molecule has 0 amide bonds. The third-order valence-electron chi connectivity index (χ3n) is 3.51. The zero-order chi connectivity index (χ0) is 15.7. The highest BCUT2D eigenvalue weighted by Crippen LogP contribution is 2.21. The molecule has 1 N–H and O–H groups in total. The Morgan fingerprint density at radius 2 is 2.00 bits per heavy atom. The Labute approximate surface area is 132 Å². The second kappa shape index (κ2) is 5.73. The minimum atomic E-state index is -3.00. The van der Waals surface area contributed by atoms with Gasteiger partial charge in [-0.1, -0.05) is 29.8 Å². The minimum absolute atomic E-state index is 0.00292. The number of rotatable bonds is 3. The fraction of sp³-hybridized carbons (Fsp3) is 0.286. The van der Waals surface area contributed by atoms with Crippen molar-refractivity contribution in [1.29, 1.82) is 0 Å². The normalized spacial score (nSPS) is 20.0. The number of hydrogen-bond donors (Lipinski definition) is 1. The first kappa shape index (κ1) is 15.1. The van der Waals surface area contributed by atoms with Gasteiger partial charge in [-0.25, -0.2) is 8.42 Å². The number of halogens is 1. The number of benzene rings is 1. The van der Waals surface area contributed by atoms with Crippen molar-refractivity contribution in [3.05, 3.63) is 51.9 Å². The highest BCUT2D eigenvalue weighted by Gasteiger charge is 2.28. The van der Waals surface area contributed by atoms with Gasteiger partial charge in [0.05, 0.1) is 29.1 Å². The Hall–Kier alpha value is -1.86. The summed E-state index contributed by atoms with van der Waals surface area (Å²) in [6.45, 7) is 0. The van der Waals surface area contributed by atoms with Gasteiger partial charge in [-0.3, -0.25) is 4.79 Å². The van der Waals surface area contributed by atoms with Crippen molar-refractivity contribution in [1.82, 2.24) is 9.78 Å². The minimum Gasteiger partial charge on any atom is -0.379 e. The van der Waals surface area contributed by atoms with Crippen LogP contribution in [0.4, 0.5) is 5.69 Å². The Kier molecular flexibility index (Phi) is 3.92. The first-order valence-electron chi connectivity index (χ1n) is 6.76. The van der Waals surface area contributed by atoms with Crippen molar-refractivity contribution < 1.29 is 8.42 Å². The molecular weight excluding hydrogens is 326 g/mol. The lowest BCUT2D eigenvalue weighted by Gasteiger charge is -2.14. The van der Waals surface area contributed by atoms with Crippen molar-refractivity contribution in [2.75, 3.05) is 16.8 Å². The van der Waals surface area contributed by atoms with Crippen LogP contribution in [-0.2, 0) is 9.84 Å². The molecule has 0 saturated carbocycles. The molecule has 116 valence electrons. The van der Waals surface area contributed by atoms with E-state index in [0.29, 0.717) is 17.8 Å². The average molecular weight is 340 g/mol. The van der Waals surface area contributed by atoms with E-state index in [1.54, 1.807) is 24.3 Å². The molecule has 1 unspecified atom stereocenters. The maximum atomic E-state index is 12.3. The van der Waals surface area contributed by atoms with Crippen molar-refractivity contribution in [2.45, 2.75) is 12.5 Å². The van der Waals surface area contributed by atoms with E-state index in [-0.39, 0.29) is 22.6 Å². The molecule has 3 rings (SSSR count). The average Bonchev–Trinajstić information content (AvgIpc) is 2.84. The van der Waals surface area contributed by atoms with Crippen molar-refractivity contribution in [3.8, 4) is 5.69 Å². The van der Waals surface area contributed by atoms with Crippen molar-refractivity contribution >= 4 is 27.1 Å². The summed E-state index contributed by atoms with van der Waals surface area (Å²) in [5.74, 6) is 0.196. The highest BCUT2D eigenvalue weighted by atomic mass is 35.5. The maximum absolute atomic E-state index is 12.3. The van der Waals surface area contributed by atoms with Gasteiger partial charge in [-0.15, -0.1) is 0 Å². The van der Waals surface area contributed by atoms with Crippen molar-refractivity contribution in [2.24, 2.45) is 0 Å². The molecule has 2 heterocycles. The van der Waals surface area contributed by atoms with Gasteiger partial charge in [0.15, 0.2) is 9.84 Å². The number of nitrogens with zero attached hydrogens (tertiary/aromatic N) is 2. The van der Waals surface area contributed by atoms with Crippen LogP contribution in [0.5, 0.6) is 0 Å². The van der Waals surface area contributed by atoms with Crippen LogP contribution in [0.25, 0.3) is 5.69 Å². The smallest absolute Gasteiger partial charge is 0.292 e. The first-order valence-corrected chi connectivity index (χ1v) is 8.96.